The summed E-state index contributed by atoms with van der Waals surface area (Å²) in [5.41, 5.74) is 4.24. The van der Waals surface area contributed by atoms with E-state index in [1.54, 1.807) is 11.3 Å². The van der Waals surface area contributed by atoms with Crippen molar-refractivity contribution >= 4 is 11.3 Å². The second-order valence-corrected chi connectivity index (χ2v) is 6.09. The first kappa shape index (κ1) is 13.8. The van der Waals surface area contributed by atoms with Crippen LogP contribution in [0.25, 0.3) is 0 Å². The minimum absolute atomic E-state index is 0.184. The van der Waals surface area contributed by atoms with Crippen LogP contribution >= 0.6 is 11.3 Å². The third-order valence-electron chi connectivity index (χ3n) is 4.09. The van der Waals surface area contributed by atoms with Gasteiger partial charge in [0.25, 0.3) is 0 Å². The van der Waals surface area contributed by atoms with E-state index in [4.69, 9.17) is 4.74 Å². The van der Waals surface area contributed by atoms with E-state index in [2.05, 4.69) is 46.4 Å². The van der Waals surface area contributed by atoms with Crippen LogP contribution in [0.15, 0.2) is 41.1 Å². The molecule has 2 unspecified atom stereocenters. The zero-order chi connectivity index (χ0) is 13.8. The second kappa shape index (κ2) is 6.53. The van der Waals surface area contributed by atoms with E-state index < -0.39 is 0 Å². The Labute approximate surface area is 124 Å². The van der Waals surface area contributed by atoms with Crippen molar-refractivity contribution < 1.29 is 4.74 Å². The van der Waals surface area contributed by atoms with Gasteiger partial charge in [-0.05, 0) is 59.8 Å². The summed E-state index contributed by atoms with van der Waals surface area (Å²) in [4.78, 5) is 0. The van der Waals surface area contributed by atoms with Gasteiger partial charge in [-0.25, -0.2) is 0 Å². The summed E-state index contributed by atoms with van der Waals surface area (Å²) in [7, 11) is 2.04. The standard InChI is InChI=1S/C17H21NOS/c1-18-16(7-6-13-9-11-20-12-13)17-15-5-3-2-4-14(15)8-10-19-17/h2-5,9,11-12,16-18H,6-8,10H2,1H3. The third-order valence-corrected chi connectivity index (χ3v) is 4.82. The maximum Gasteiger partial charge on any atom is 0.0980 e. The number of thiophene rings is 1. The quantitative estimate of drug-likeness (QED) is 0.907. The summed E-state index contributed by atoms with van der Waals surface area (Å²) in [5, 5.41) is 7.84. The Morgan fingerprint density at radius 1 is 1.35 bits per heavy atom. The molecule has 0 amide bonds. The van der Waals surface area contributed by atoms with Gasteiger partial charge in [0.1, 0.15) is 0 Å². The lowest BCUT2D eigenvalue weighted by Gasteiger charge is -2.32. The van der Waals surface area contributed by atoms with Crippen LogP contribution < -0.4 is 5.32 Å². The molecule has 0 saturated heterocycles. The Hall–Kier alpha value is -1.16. The zero-order valence-electron chi connectivity index (χ0n) is 11.8. The monoisotopic (exact) mass is 287 g/mol. The van der Waals surface area contributed by atoms with Crippen LogP contribution in [0.3, 0.4) is 0 Å². The van der Waals surface area contributed by atoms with Gasteiger partial charge in [-0.1, -0.05) is 24.3 Å². The lowest BCUT2D eigenvalue weighted by atomic mass is 9.91. The smallest absolute Gasteiger partial charge is 0.0980 e. The molecule has 1 aliphatic rings. The van der Waals surface area contributed by atoms with Gasteiger partial charge in [0, 0.05) is 6.04 Å². The molecule has 20 heavy (non-hydrogen) atoms. The van der Waals surface area contributed by atoms with Gasteiger partial charge in [-0.2, -0.15) is 11.3 Å². The molecule has 3 heteroatoms. The number of rotatable bonds is 5. The Balaban J connectivity index is 1.73. The zero-order valence-corrected chi connectivity index (χ0v) is 12.7. The fraction of sp³-hybridized carbons (Fsp3) is 0.412. The van der Waals surface area contributed by atoms with Crippen LogP contribution in [0.1, 0.15) is 29.2 Å². The van der Waals surface area contributed by atoms with Gasteiger partial charge in [0.05, 0.1) is 12.7 Å². The molecule has 0 spiro atoms. The summed E-state index contributed by atoms with van der Waals surface area (Å²) in [6, 6.07) is 11.3. The van der Waals surface area contributed by atoms with Crippen molar-refractivity contribution in [3.8, 4) is 0 Å². The lowest BCUT2D eigenvalue weighted by molar-refractivity contribution is 0.0152. The molecule has 1 aromatic carbocycles. The van der Waals surface area contributed by atoms with Gasteiger partial charge in [0.15, 0.2) is 0 Å². The highest BCUT2D eigenvalue weighted by Gasteiger charge is 2.27. The summed E-state index contributed by atoms with van der Waals surface area (Å²) in [6.45, 7) is 0.832. The second-order valence-electron chi connectivity index (χ2n) is 5.31. The molecule has 0 radical (unpaired) electrons. The van der Waals surface area contributed by atoms with Gasteiger partial charge in [0.2, 0.25) is 0 Å². The van der Waals surface area contributed by atoms with Gasteiger partial charge in [-0.15, -0.1) is 0 Å². The molecule has 0 fully saturated rings. The minimum Gasteiger partial charge on any atom is -0.372 e. The number of hydrogen-bond acceptors (Lipinski definition) is 3. The van der Waals surface area contributed by atoms with Crippen molar-refractivity contribution in [1.82, 2.24) is 5.32 Å². The molecular formula is C17H21NOS. The molecule has 2 nitrogen and oxygen atoms in total. The van der Waals surface area contributed by atoms with Crippen molar-refractivity contribution in [2.75, 3.05) is 13.7 Å². The molecule has 2 atom stereocenters. The van der Waals surface area contributed by atoms with Crippen molar-refractivity contribution in [3.63, 3.8) is 0 Å². The summed E-state index contributed by atoms with van der Waals surface area (Å²) in [5.74, 6) is 0. The summed E-state index contributed by atoms with van der Waals surface area (Å²) >= 11 is 1.77. The largest absolute Gasteiger partial charge is 0.372 e. The molecule has 3 rings (SSSR count). The van der Waals surface area contributed by atoms with Gasteiger partial charge >= 0.3 is 0 Å². The van der Waals surface area contributed by atoms with Crippen molar-refractivity contribution in [1.29, 1.82) is 0 Å². The Kier molecular flexibility index (Phi) is 4.51. The third kappa shape index (κ3) is 2.95. The van der Waals surface area contributed by atoms with Gasteiger partial charge < -0.3 is 10.1 Å². The molecular weight excluding hydrogens is 266 g/mol. The van der Waals surface area contributed by atoms with Crippen LogP contribution in [0.5, 0.6) is 0 Å². The highest BCUT2D eigenvalue weighted by Crippen LogP contribution is 2.31. The molecule has 2 heterocycles. The number of hydrogen-bond donors (Lipinski definition) is 1. The minimum atomic E-state index is 0.184. The fourth-order valence-corrected chi connectivity index (χ4v) is 3.67. The molecule has 1 N–H and O–H groups in total. The number of fused-ring (bicyclic) bond motifs is 1. The Morgan fingerprint density at radius 2 is 2.25 bits per heavy atom. The molecule has 0 aliphatic carbocycles. The van der Waals surface area contributed by atoms with E-state index in [0.29, 0.717) is 6.04 Å². The van der Waals surface area contributed by atoms with Crippen LogP contribution in [0.4, 0.5) is 0 Å². The molecule has 106 valence electrons. The topological polar surface area (TPSA) is 21.3 Å². The van der Waals surface area contributed by atoms with E-state index in [0.717, 1.165) is 25.9 Å². The predicted octanol–water partition coefficient (Wildman–Crippen LogP) is 3.58. The average Bonchev–Trinajstić information content (AvgIpc) is 3.01. The molecule has 1 aliphatic heterocycles. The summed E-state index contributed by atoms with van der Waals surface area (Å²) < 4.78 is 6.07. The number of likely N-dealkylation sites (N-methyl/N-ethyl adjacent to an activating group) is 1. The van der Waals surface area contributed by atoms with E-state index in [1.165, 1.54) is 16.7 Å². The SMILES string of the molecule is CNC(CCc1ccsc1)C1OCCc2ccccc21. The van der Waals surface area contributed by atoms with E-state index in [9.17, 15) is 0 Å². The maximum absolute atomic E-state index is 6.07. The number of aryl methyl sites for hydroxylation is 1. The van der Waals surface area contributed by atoms with Crippen molar-refractivity contribution in [3.05, 3.63) is 57.8 Å². The first-order valence-corrected chi connectivity index (χ1v) is 8.20. The van der Waals surface area contributed by atoms with E-state index in [1.807, 2.05) is 7.05 Å². The highest BCUT2D eigenvalue weighted by molar-refractivity contribution is 7.07. The van der Waals surface area contributed by atoms with Crippen LogP contribution in [0, 0.1) is 0 Å². The van der Waals surface area contributed by atoms with Crippen molar-refractivity contribution in [2.24, 2.45) is 0 Å². The predicted molar refractivity (Wildman–Crippen MR) is 84.3 cm³/mol. The number of benzene rings is 1. The first-order chi connectivity index (χ1) is 9.88. The number of nitrogens with one attached hydrogen (secondary N) is 1. The Bertz CT molecular complexity index is 538. The van der Waals surface area contributed by atoms with Gasteiger partial charge in [-0.3, -0.25) is 0 Å². The first-order valence-electron chi connectivity index (χ1n) is 7.26. The van der Waals surface area contributed by atoms with Crippen LogP contribution in [-0.2, 0) is 17.6 Å². The van der Waals surface area contributed by atoms with E-state index >= 15 is 0 Å². The van der Waals surface area contributed by atoms with E-state index in [-0.39, 0.29) is 6.10 Å². The van der Waals surface area contributed by atoms with Crippen LogP contribution in [0.2, 0.25) is 0 Å². The highest BCUT2D eigenvalue weighted by atomic mass is 32.1. The molecule has 0 saturated carbocycles. The lowest BCUT2D eigenvalue weighted by Crippen LogP contribution is -2.36. The van der Waals surface area contributed by atoms with Crippen LogP contribution in [-0.4, -0.2) is 19.7 Å². The maximum atomic E-state index is 6.07. The Morgan fingerprint density at radius 3 is 3.05 bits per heavy atom. The molecule has 0 bridgehead atoms. The number of ether oxygens (including phenoxy) is 1. The molecule has 2 aromatic rings. The fourth-order valence-electron chi connectivity index (χ4n) is 2.96. The molecule has 1 aromatic heterocycles. The van der Waals surface area contributed by atoms with Crippen molar-refractivity contribution in [2.45, 2.75) is 31.4 Å². The summed E-state index contributed by atoms with van der Waals surface area (Å²) in [6.07, 6.45) is 3.43. The normalized spacial score (nSPS) is 19.6. The average molecular weight is 287 g/mol.